The summed E-state index contributed by atoms with van der Waals surface area (Å²) in [5.41, 5.74) is 13.3. The summed E-state index contributed by atoms with van der Waals surface area (Å²) in [5.74, 6) is 0.800. The Labute approximate surface area is 194 Å². The number of amides is 1. The van der Waals surface area contributed by atoms with Crippen LogP contribution >= 0.6 is 11.3 Å². The van der Waals surface area contributed by atoms with E-state index in [1.165, 1.54) is 11.3 Å². The van der Waals surface area contributed by atoms with Crippen molar-refractivity contribution in [3.63, 3.8) is 0 Å². The zero-order chi connectivity index (χ0) is 23.5. The zero-order valence-corrected chi connectivity index (χ0v) is 19.4. The Bertz CT molecular complexity index is 1450. The van der Waals surface area contributed by atoms with E-state index < -0.39 is 9.84 Å². The maximum absolute atomic E-state index is 12.9. The van der Waals surface area contributed by atoms with E-state index in [-0.39, 0.29) is 52.9 Å². The van der Waals surface area contributed by atoms with Crippen LogP contribution < -0.4 is 21.3 Å². The number of sulfone groups is 1. The maximum Gasteiger partial charge on any atom is 0.233 e. The number of carbonyl (C=O) groups excluding carboxylic acids is 1. The van der Waals surface area contributed by atoms with Crippen molar-refractivity contribution in [1.82, 2.24) is 9.97 Å². The van der Waals surface area contributed by atoms with Crippen LogP contribution in [0.4, 0.5) is 23.3 Å². The molecular weight excluding hydrogens is 462 g/mol. The van der Waals surface area contributed by atoms with Crippen LogP contribution in [-0.4, -0.2) is 48.9 Å². The molecule has 1 atom stereocenters. The fourth-order valence-corrected chi connectivity index (χ4v) is 7.06. The second-order valence-electron chi connectivity index (χ2n) is 8.26. The van der Waals surface area contributed by atoms with Gasteiger partial charge in [0.05, 0.1) is 29.9 Å². The first-order valence-corrected chi connectivity index (χ1v) is 13.0. The van der Waals surface area contributed by atoms with Gasteiger partial charge in [0.15, 0.2) is 9.84 Å². The van der Waals surface area contributed by atoms with Crippen LogP contribution in [-0.2, 0) is 27.6 Å². The molecule has 4 N–H and O–H groups in total. The van der Waals surface area contributed by atoms with Crippen LogP contribution in [0, 0.1) is 11.3 Å². The molecule has 0 radical (unpaired) electrons. The van der Waals surface area contributed by atoms with Gasteiger partial charge in [0.2, 0.25) is 5.91 Å². The van der Waals surface area contributed by atoms with Crippen LogP contribution in [0.25, 0.3) is 10.8 Å². The molecule has 0 saturated carbocycles. The summed E-state index contributed by atoms with van der Waals surface area (Å²) in [7, 11) is -1.43. The fourth-order valence-electron chi connectivity index (χ4n) is 4.59. The number of hydrogen-bond acceptors (Lipinski definition) is 10. The van der Waals surface area contributed by atoms with E-state index in [0.29, 0.717) is 35.1 Å². The first kappa shape index (κ1) is 21.4. The minimum Gasteiger partial charge on any atom is -0.383 e. The Hall–Kier alpha value is -3.43. The lowest BCUT2D eigenvalue weighted by Crippen LogP contribution is -2.34. The van der Waals surface area contributed by atoms with E-state index >= 15 is 0 Å². The summed E-state index contributed by atoms with van der Waals surface area (Å²) in [5, 5.41) is 12.9. The maximum atomic E-state index is 12.9. The molecule has 1 fully saturated rings. The second-order valence-corrected chi connectivity index (χ2v) is 11.5. The number of nitrogens with two attached hydrogens (primary N) is 2. The first-order valence-electron chi connectivity index (χ1n) is 10.3. The van der Waals surface area contributed by atoms with Crippen molar-refractivity contribution in [2.75, 3.05) is 39.8 Å². The number of nitriles is 1. The third kappa shape index (κ3) is 3.44. The number of thiophene rings is 1. The lowest BCUT2D eigenvalue weighted by Gasteiger charge is -2.27. The van der Waals surface area contributed by atoms with Crippen molar-refractivity contribution >= 4 is 61.1 Å². The van der Waals surface area contributed by atoms with E-state index in [2.05, 4.69) is 16.0 Å². The smallest absolute Gasteiger partial charge is 0.233 e. The molecule has 5 rings (SSSR count). The fraction of sp³-hybridized carbons (Fsp3) is 0.333. The van der Waals surface area contributed by atoms with Gasteiger partial charge in [0.1, 0.15) is 34.9 Å². The molecule has 0 unspecified atom stereocenters. The van der Waals surface area contributed by atoms with Crippen LogP contribution in [0.1, 0.15) is 22.4 Å². The lowest BCUT2D eigenvalue weighted by atomic mass is 10.00. The molecule has 0 spiro atoms. The van der Waals surface area contributed by atoms with Crippen molar-refractivity contribution in [2.45, 2.75) is 25.4 Å². The molecular formula is C21H21N7O3S2. The van der Waals surface area contributed by atoms with Crippen molar-refractivity contribution in [3.05, 3.63) is 33.5 Å². The zero-order valence-electron chi connectivity index (χ0n) is 17.8. The van der Waals surface area contributed by atoms with Gasteiger partial charge in [0, 0.05) is 28.9 Å². The lowest BCUT2D eigenvalue weighted by molar-refractivity contribution is -0.117. The SMILES string of the molecule is CN(c1nc(N)c2c(N)nc3c(c2c1C#N)CC(=O)N3Cc1cccs1)[C@H]1CCS(=O)(=O)C1. The summed E-state index contributed by atoms with van der Waals surface area (Å²) in [6.07, 6.45) is 0.497. The minimum atomic E-state index is -3.14. The predicted octanol–water partition coefficient (Wildman–Crippen LogP) is 1.44. The topological polar surface area (TPSA) is 159 Å². The summed E-state index contributed by atoms with van der Waals surface area (Å²) in [4.78, 5) is 26.1. The van der Waals surface area contributed by atoms with Gasteiger partial charge in [-0.3, -0.25) is 9.69 Å². The van der Waals surface area contributed by atoms with Gasteiger partial charge in [-0.05, 0) is 17.9 Å². The number of nitrogen functional groups attached to an aromatic ring is 2. The number of hydrogen-bond donors (Lipinski definition) is 2. The number of anilines is 4. The minimum absolute atomic E-state index is 0.0162. The van der Waals surface area contributed by atoms with Gasteiger partial charge in [-0.15, -0.1) is 11.3 Å². The molecule has 1 amide bonds. The molecule has 12 heteroatoms. The van der Waals surface area contributed by atoms with E-state index in [1.807, 2.05) is 17.5 Å². The molecule has 5 heterocycles. The van der Waals surface area contributed by atoms with Gasteiger partial charge in [-0.1, -0.05) is 6.07 Å². The van der Waals surface area contributed by atoms with Crippen LogP contribution in [0.3, 0.4) is 0 Å². The Morgan fingerprint density at radius 1 is 1.30 bits per heavy atom. The van der Waals surface area contributed by atoms with E-state index in [4.69, 9.17) is 11.5 Å². The second kappa shape index (κ2) is 7.57. The van der Waals surface area contributed by atoms with Gasteiger partial charge < -0.3 is 16.4 Å². The van der Waals surface area contributed by atoms with E-state index in [1.54, 1.807) is 16.8 Å². The number of aromatic nitrogens is 2. The molecule has 0 aromatic carbocycles. The molecule has 2 aliphatic rings. The number of fused-ring (bicyclic) bond motifs is 3. The van der Waals surface area contributed by atoms with Gasteiger partial charge >= 0.3 is 0 Å². The summed E-state index contributed by atoms with van der Waals surface area (Å²) < 4.78 is 24.0. The van der Waals surface area contributed by atoms with Gasteiger partial charge in [-0.25, -0.2) is 18.4 Å². The first-order chi connectivity index (χ1) is 15.7. The average Bonchev–Trinajstić information content (AvgIpc) is 3.48. The van der Waals surface area contributed by atoms with Crippen molar-refractivity contribution in [2.24, 2.45) is 0 Å². The number of nitrogens with zero attached hydrogens (tertiary/aromatic N) is 5. The molecule has 1 saturated heterocycles. The Morgan fingerprint density at radius 3 is 2.70 bits per heavy atom. The van der Waals surface area contributed by atoms with Crippen molar-refractivity contribution < 1.29 is 13.2 Å². The largest absolute Gasteiger partial charge is 0.383 e. The van der Waals surface area contributed by atoms with E-state index in [9.17, 15) is 18.5 Å². The molecule has 33 heavy (non-hydrogen) atoms. The predicted molar refractivity (Wildman–Crippen MR) is 128 cm³/mol. The Kier molecular flexibility index (Phi) is 4.91. The van der Waals surface area contributed by atoms with Crippen molar-refractivity contribution in [1.29, 1.82) is 5.26 Å². The summed E-state index contributed by atoms with van der Waals surface area (Å²) in [6.45, 7) is 0.358. The van der Waals surface area contributed by atoms with Gasteiger partial charge in [-0.2, -0.15) is 5.26 Å². The molecule has 3 aromatic heterocycles. The molecule has 0 aliphatic carbocycles. The highest BCUT2D eigenvalue weighted by Gasteiger charge is 2.36. The standard InChI is InChI=1S/C21H21N7O3S2/c1-27(11-4-6-33(30,31)10-11)20-14(8-22)16-13-7-15(29)28(9-12-3-2-5-32-12)21(13)26-19(24)17(16)18(23)25-20/h2-3,5,11H,4,6-7,9-10H2,1H3,(H2,23,25)(H2,24,26)/t11-/m0/s1. The molecule has 170 valence electrons. The van der Waals surface area contributed by atoms with Crippen LogP contribution in [0.2, 0.25) is 0 Å². The number of carbonyl (C=O) groups is 1. The third-order valence-corrected chi connectivity index (χ3v) is 8.85. The van der Waals surface area contributed by atoms with Crippen LogP contribution in [0.5, 0.6) is 0 Å². The van der Waals surface area contributed by atoms with Gasteiger partial charge in [0.25, 0.3) is 0 Å². The highest BCUT2D eigenvalue weighted by Crippen LogP contribution is 2.42. The van der Waals surface area contributed by atoms with E-state index in [0.717, 1.165) is 4.88 Å². The normalized spacial score (nSPS) is 19.1. The molecule has 3 aromatic rings. The summed E-state index contributed by atoms with van der Waals surface area (Å²) in [6, 6.07) is 5.73. The Morgan fingerprint density at radius 2 is 2.06 bits per heavy atom. The summed E-state index contributed by atoms with van der Waals surface area (Å²) >= 11 is 1.53. The number of rotatable bonds is 4. The highest BCUT2D eigenvalue weighted by molar-refractivity contribution is 7.91. The Balaban J connectivity index is 1.70. The molecule has 0 bridgehead atoms. The average molecular weight is 484 g/mol. The number of pyridine rings is 2. The van der Waals surface area contributed by atoms with Crippen LogP contribution in [0.15, 0.2) is 17.5 Å². The van der Waals surface area contributed by atoms with Crippen molar-refractivity contribution in [3.8, 4) is 6.07 Å². The monoisotopic (exact) mass is 483 g/mol. The quantitative estimate of drug-likeness (QED) is 0.559. The highest BCUT2D eigenvalue weighted by atomic mass is 32.2. The molecule has 10 nitrogen and oxygen atoms in total. The third-order valence-electron chi connectivity index (χ3n) is 6.24. The molecule has 2 aliphatic heterocycles.